The lowest BCUT2D eigenvalue weighted by Crippen LogP contribution is -2.48. The Morgan fingerprint density at radius 1 is 0.973 bits per heavy atom. The first-order valence-corrected chi connectivity index (χ1v) is 15.1. The van der Waals surface area contributed by atoms with Gasteiger partial charge in [0.15, 0.2) is 5.17 Å². The van der Waals surface area contributed by atoms with Crippen LogP contribution in [0.2, 0.25) is 0 Å². The van der Waals surface area contributed by atoms with Gasteiger partial charge in [0, 0.05) is 29.2 Å². The lowest BCUT2D eigenvalue weighted by Gasteiger charge is -2.57. The molecule has 4 aliphatic carbocycles. The summed E-state index contributed by atoms with van der Waals surface area (Å²) in [6.07, 6.45) is 10.7. The number of hydrogen-bond donors (Lipinski definition) is 0. The van der Waals surface area contributed by atoms with E-state index in [2.05, 4.69) is 82.5 Å². The fourth-order valence-electron chi connectivity index (χ4n) is 8.15. The van der Waals surface area contributed by atoms with Gasteiger partial charge in [-0.2, -0.15) is 0 Å². The molecule has 2 heterocycles. The molecule has 4 saturated carbocycles. The molecule has 0 N–H and O–H groups in total. The molecule has 196 valence electrons. The van der Waals surface area contributed by atoms with E-state index in [-0.39, 0.29) is 18.0 Å². The summed E-state index contributed by atoms with van der Waals surface area (Å²) in [5.74, 6) is 2.95. The highest BCUT2D eigenvalue weighted by Crippen LogP contribution is 2.60. The van der Waals surface area contributed by atoms with Crippen molar-refractivity contribution in [3.05, 3.63) is 57.8 Å². The second kappa shape index (κ2) is 9.18. The number of aliphatic imine (C=N–C) groups is 1. The predicted octanol–water partition coefficient (Wildman–Crippen LogP) is 7.65. The van der Waals surface area contributed by atoms with Crippen LogP contribution in [0.3, 0.4) is 0 Å². The van der Waals surface area contributed by atoms with Crippen LogP contribution in [0.1, 0.15) is 88.7 Å². The first-order valence-electron chi connectivity index (χ1n) is 14.2. The minimum atomic E-state index is 0.0594. The Kier molecular flexibility index (Phi) is 6.21. The quantitative estimate of drug-likeness (QED) is 0.384. The number of hydrogen-bond acceptors (Lipinski definition) is 3. The van der Waals surface area contributed by atoms with Gasteiger partial charge < -0.3 is 4.57 Å². The van der Waals surface area contributed by atoms with Crippen LogP contribution in [-0.4, -0.2) is 32.6 Å². The van der Waals surface area contributed by atoms with Gasteiger partial charge in [0.25, 0.3) is 5.91 Å². The Morgan fingerprint density at radius 2 is 1.57 bits per heavy atom. The molecule has 0 atom stereocenters. The standard InChI is InChI=1S/C32H41N3OS/c1-19(2)33-31-34(20(3)4)30(36)29(37-31)15-26-11-21(5)35(22(26)6)28-9-7-27(8-10-28)32-16-23-12-24(17-32)14-25(13-23)18-32/h7-11,15,19-20,23-25H,12-14,16-18H2,1-6H3/b29-15+,33-31?. The monoisotopic (exact) mass is 515 g/mol. The van der Waals surface area contributed by atoms with Crippen molar-refractivity contribution in [3.63, 3.8) is 0 Å². The van der Waals surface area contributed by atoms with Crippen LogP contribution in [0.15, 0.2) is 40.2 Å². The smallest absolute Gasteiger partial charge is 0.266 e. The Hall–Kier alpha value is -2.27. The third-order valence-electron chi connectivity index (χ3n) is 9.25. The number of aryl methyl sites for hydroxylation is 1. The maximum atomic E-state index is 13.3. The first kappa shape index (κ1) is 25.0. The van der Waals surface area contributed by atoms with Gasteiger partial charge in [-0.25, -0.2) is 0 Å². The Morgan fingerprint density at radius 3 is 2.11 bits per heavy atom. The van der Waals surface area contributed by atoms with Crippen molar-refractivity contribution in [1.82, 2.24) is 9.47 Å². The largest absolute Gasteiger partial charge is 0.318 e. The maximum Gasteiger partial charge on any atom is 0.266 e. The van der Waals surface area contributed by atoms with Crippen LogP contribution < -0.4 is 0 Å². The Bertz CT molecular complexity index is 1240. The second-order valence-electron chi connectivity index (χ2n) is 12.8. The summed E-state index contributed by atoms with van der Waals surface area (Å²) in [5.41, 5.74) is 6.68. The minimum absolute atomic E-state index is 0.0594. The van der Waals surface area contributed by atoms with Gasteiger partial charge >= 0.3 is 0 Å². The van der Waals surface area contributed by atoms with Gasteiger partial charge in [0.2, 0.25) is 0 Å². The van der Waals surface area contributed by atoms with Crippen molar-refractivity contribution in [2.24, 2.45) is 22.7 Å². The third kappa shape index (κ3) is 4.31. The molecule has 0 spiro atoms. The number of rotatable bonds is 5. The van der Waals surface area contributed by atoms with E-state index in [1.807, 2.05) is 4.90 Å². The molecule has 1 aromatic heterocycles. The zero-order chi connectivity index (χ0) is 26.1. The predicted molar refractivity (Wildman–Crippen MR) is 155 cm³/mol. The Balaban J connectivity index is 1.29. The van der Waals surface area contributed by atoms with Gasteiger partial charge in [-0.15, -0.1) is 0 Å². The molecule has 4 nitrogen and oxygen atoms in total. The van der Waals surface area contributed by atoms with Gasteiger partial charge in [-0.05, 0) is 150 Å². The van der Waals surface area contributed by atoms with Crippen molar-refractivity contribution < 1.29 is 4.79 Å². The molecule has 37 heavy (non-hydrogen) atoms. The summed E-state index contributed by atoms with van der Waals surface area (Å²) >= 11 is 1.51. The summed E-state index contributed by atoms with van der Waals surface area (Å²) in [4.78, 5) is 20.6. The summed E-state index contributed by atoms with van der Waals surface area (Å²) in [6, 6.07) is 11.9. The second-order valence-corrected chi connectivity index (χ2v) is 13.8. The molecule has 2 aromatic rings. The number of benzene rings is 1. The average molecular weight is 516 g/mol. The van der Waals surface area contributed by atoms with Crippen molar-refractivity contribution in [2.45, 2.75) is 97.6 Å². The lowest BCUT2D eigenvalue weighted by atomic mass is 9.48. The molecule has 1 amide bonds. The van der Waals surface area contributed by atoms with Gasteiger partial charge in [-0.3, -0.25) is 14.7 Å². The number of thioether (sulfide) groups is 1. The van der Waals surface area contributed by atoms with Crippen molar-refractivity contribution in [3.8, 4) is 5.69 Å². The molecule has 1 aromatic carbocycles. The van der Waals surface area contributed by atoms with E-state index in [1.54, 1.807) is 5.56 Å². The molecule has 1 saturated heterocycles. The van der Waals surface area contributed by atoms with Gasteiger partial charge in [0.05, 0.1) is 4.91 Å². The fraction of sp³-hybridized carbons (Fsp3) is 0.562. The highest BCUT2D eigenvalue weighted by molar-refractivity contribution is 8.18. The topological polar surface area (TPSA) is 37.6 Å². The number of nitrogens with zero attached hydrogens (tertiary/aromatic N) is 3. The molecular formula is C32H41N3OS. The zero-order valence-corrected chi connectivity index (χ0v) is 24.1. The van der Waals surface area contributed by atoms with Crippen molar-refractivity contribution in [1.29, 1.82) is 0 Å². The van der Waals surface area contributed by atoms with Crippen LogP contribution in [0.25, 0.3) is 11.8 Å². The number of carbonyl (C=O) groups is 1. The molecule has 0 unspecified atom stereocenters. The summed E-state index contributed by atoms with van der Waals surface area (Å²) in [7, 11) is 0. The van der Waals surface area contributed by atoms with E-state index in [0.717, 1.165) is 33.4 Å². The highest BCUT2D eigenvalue weighted by Gasteiger charge is 2.51. The summed E-state index contributed by atoms with van der Waals surface area (Å²) in [6.45, 7) is 12.5. The van der Waals surface area contributed by atoms with Gasteiger partial charge in [-0.1, -0.05) is 12.1 Å². The number of amides is 1. The highest BCUT2D eigenvalue weighted by atomic mass is 32.2. The molecule has 4 bridgehead atoms. The molecular weight excluding hydrogens is 474 g/mol. The van der Waals surface area contributed by atoms with Crippen LogP contribution in [0.4, 0.5) is 0 Å². The van der Waals surface area contributed by atoms with E-state index < -0.39 is 0 Å². The van der Waals surface area contributed by atoms with Crippen LogP contribution in [-0.2, 0) is 10.2 Å². The van der Waals surface area contributed by atoms with Crippen LogP contribution >= 0.6 is 11.8 Å². The SMILES string of the molecule is Cc1cc(/C=C2/SC(=NC(C)C)N(C(C)C)C2=O)c(C)n1-c1ccc(C23CC4CC(CC(C4)C2)C3)cc1. The zero-order valence-electron chi connectivity index (χ0n) is 23.3. The maximum absolute atomic E-state index is 13.3. The van der Waals surface area contributed by atoms with E-state index >= 15 is 0 Å². The van der Waals surface area contributed by atoms with Crippen molar-refractivity contribution >= 4 is 28.9 Å². The van der Waals surface area contributed by atoms with Crippen LogP contribution in [0.5, 0.6) is 0 Å². The molecule has 5 fully saturated rings. The normalized spacial score (nSPS) is 31.2. The van der Waals surface area contributed by atoms with Gasteiger partial charge in [0.1, 0.15) is 0 Å². The molecule has 7 rings (SSSR count). The molecule has 5 heteroatoms. The lowest BCUT2D eigenvalue weighted by molar-refractivity contribution is -0.123. The summed E-state index contributed by atoms with van der Waals surface area (Å²) in [5, 5.41) is 0.815. The molecule has 0 radical (unpaired) electrons. The fourth-order valence-corrected chi connectivity index (χ4v) is 9.38. The number of carbonyl (C=O) groups excluding carboxylic acids is 1. The first-order chi connectivity index (χ1) is 17.6. The number of amidine groups is 1. The molecule has 5 aliphatic rings. The average Bonchev–Trinajstić information content (AvgIpc) is 3.27. The van der Waals surface area contributed by atoms with E-state index in [4.69, 9.17) is 4.99 Å². The van der Waals surface area contributed by atoms with Crippen LogP contribution in [0, 0.1) is 31.6 Å². The summed E-state index contributed by atoms with van der Waals surface area (Å²) < 4.78 is 2.34. The molecule has 1 aliphatic heterocycles. The van der Waals surface area contributed by atoms with E-state index in [0.29, 0.717) is 5.41 Å². The van der Waals surface area contributed by atoms with E-state index in [1.165, 1.54) is 67.4 Å². The third-order valence-corrected chi connectivity index (χ3v) is 10.3. The Labute approximate surface area is 226 Å². The van der Waals surface area contributed by atoms with E-state index in [9.17, 15) is 4.79 Å². The minimum Gasteiger partial charge on any atom is -0.318 e. The van der Waals surface area contributed by atoms with Crippen molar-refractivity contribution in [2.75, 3.05) is 0 Å². The number of aromatic nitrogens is 1.